The number of rotatable bonds is 8. The molecule has 0 radical (unpaired) electrons. The van der Waals surface area contributed by atoms with Crippen molar-refractivity contribution in [2.45, 2.75) is 39.3 Å². The number of nitrogens with zero attached hydrogens (tertiary/aromatic N) is 1. The van der Waals surface area contributed by atoms with Crippen LogP contribution in [0.2, 0.25) is 0 Å². The summed E-state index contributed by atoms with van der Waals surface area (Å²) in [6, 6.07) is 15.0. The number of aromatic nitrogens is 1. The Balaban J connectivity index is 1.62. The third kappa shape index (κ3) is 6.59. The van der Waals surface area contributed by atoms with Gasteiger partial charge >= 0.3 is 6.09 Å². The SMILES string of the molecule is CC(C)(C)OC(=O)NCCN(CCc1c[nH]c2ccc(F)cc12)Cc1ccccc1. The molecule has 0 atom stereocenters. The number of benzene rings is 2. The normalized spacial score (nSPS) is 11.8. The van der Waals surface area contributed by atoms with Crippen LogP contribution in [0.25, 0.3) is 10.9 Å². The van der Waals surface area contributed by atoms with Crippen molar-refractivity contribution in [2.75, 3.05) is 19.6 Å². The van der Waals surface area contributed by atoms with Gasteiger partial charge in [-0.3, -0.25) is 4.90 Å². The first-order chi connectivity index (χ1) is 14.3. The average molecular weight is 412 g/mol. The van der Waals surface area contributed by atoms with E-state index >= 15 is 0 Å². The number of fused-ring (bicyclic) bond motifs is 1. The molecule has 160 valence electrons. The topological polar surface area (TPSA) is 57.4 Å². The number of amides is 1. The quantitative estimate of drug-likeness (QED) is 0.556. The Kier molecular flexibility index (Phi) is 7.11. The van der Waals surface area contributed by atoms with E-state index in [0.29, 0.717) is 13.1 Å². The van der Waals surface area contributed by atoms with E-state index in [4.69, 9.17) is 4.74 Å². The van der Waals surface area contributed by atoms with Crippen molar-refractivity contribution < 1.29 is 13.9 Å². The molecule has 0 aliphatic carbocycles. The van der Waals surface area contributed by atoms with Crippen LogP contribution >= 0.6 is 0 Å². The number of alkyl carbamates (subject to hydrolysis) is 1. The second-order valence-electron chi connectivity index (χ2n) is 8.44. The van der Waals surface area contributed by atoms with Crippen LogP contribution in [0.1, 0.15) is 31.9 Å². The van der Waals surface area contributed by atoms with E-state index in [1.807, 2.05) is 45.2 Å². The number of carbonyl (C=O) groups excluding carboxylic acids is 1. The Morgan fingerprint density at radius 3 is 2.63 bits per heavy atom. The number of nitrogens with one attached hydrogen (secondary N) is 2. The number of carbonyl (C=O) groups is 1. The van der Waals surface area contributed by atoms with E-state index in [-0.39, 0.29) is 5.82 Å². The van der Waals surface area contributed by atoms with Crippen LogP contribution in [-0.4, -0.2) is 41.2 Å². The van der Waals surface area contributed by atoms with Crippen molar-refractivity contribution >= 4 is 17.0 Å². The number of hydrogen-bond acceptors (Lipinski definition) is 3. The highest BCUT2D eigenvalue weighted by Gasteiger charge is 2.16. The molecule has 0 bridgehead atoms. The second-order valence-corrected chi connectivity index (χ2v) is 8.44. The Hall–Kier alpha value is -2.86. The first kappa shape index (κ1) is 21.8. The highest BCUT2D eigenvalue weighted by atomic mass is 19.1. The second kappa shape index (κ2) is 9.76. The molecule has 0 unspecified atom stereocenters. The number of H-pyrrole nitrogens is 1. The summed E-state index contributed by atoms with van der Waals surface area (Å²) >= 11 is 0. The maximum absolute atomic E-state index is 13.7. The van der Waals surface area contributed by atoms with Crippen molar-refractivity contribution in [3.05, 3.63) is 71.7 Å². The van der Waals surface area contributed by atoms with Crippen LogP contribution in [-0.2, 0) is 17.7 Å². The molecule has 1 aromatic heterocycles. The van der Waals surface area contributed by atoms with E-state index in [1.54, 1.807) is 12.1 Å². The van der Waals surface area contributed by atoms with Gasteiger partial charge in [-0.05, 0) is 56.5 Å². The fraction of sp³-hybridized carbons (Fsp3) is 0.375. The molecule has 0 saturated carbocycles. The summed E-state index contributed by atoms with van der Waals surface area (Å²) in [5.74, 6) is -0.231. The molecular formula is C24H30FN3O2. The lowest BCUT2D eigenvalue weighted by Gasteiger charge is -2.24. The van der Waals surface area contributed by atoms with E-state index in [1.165, 1.54) is 11.6 Å². The minimum Gasteiger partial charge on any atom is -0.444 e. The summed E-state index contributed by atoms with van der Waals surface area (Å²) < 4.78 is 19.0. The van der Waals surface area contributed by atoms with Gasteiger partial charge in [0.2, 0.25) is 0 Å². The Labute approximate surface area is 177 Å². The van der Waals surface area contributed by atoms with Gasteiger partial charge < -0.3 is 15.0 Å². The average Bonchev–Trinajstić information content (AvgIpc) is 3.07. The highest BCUT2D eigenvalue weighted by Crippen LogP contribution is 2.20. The molecule has 3 aromatic rings. The van der Waals surface area contributed by atoms with Crippen LogP contribution in [0.5, 0.6) is 0 Å². The van der Waals surface area contributed by atoms with Gasteiger partial charge in [-0.15, -0.1) is 0 Å². The first-order valence-electron chi connectivity index (χ1n) is 10.3. The van der Waals surface area contributed by atoms with Crippen LogP contribution in [0.3, 0.4) is 0 Å². The van der Waals surface area contributed by atoms with Gasteiger partial charge in [0.15, 0.2) is 0 Å². The van der Waals surface area contributed by atoms with Gasteiger partial charge in [0.05, 0.1) is 0 Å². The molecule has 0 aliphatic heterocycles. The fourth-order valence-corrected chi connectivity index (χ4v) is 3.38. The predicted octanol–water partition coefficient (Wildman–Crippen LogP) is 4.88. The summed E-state index contributed by atoms with van der Waals surface area (Å²) in [6.07, 6.45) is 2.32. The third-order valence-corrected chi connectivity index (χ3v) is 4.77. The highest BCUT2D eigenvalue weighted by molar-refractivity contribution is 5.83. The van der Waals surface area contributed by atoms with Gasteiger partial charge in [-0.1, -0.05) is 30.3 Å². The van der Waals surface area contributed by atoms with Crippen LogP contribution in [0.15, 0.2) is 54.7 Å². The van der Waals surface area contributed by atoms with Gasteiger partial charge in [-0.2, -0.15) is 0 Å². The Morgan fingerprint density at radius 2 is 1.90 bits per heavy atom. The molecule has 2 N–H and O–H groups in total. The molecule has 2 aromatic carbocycles. The summed E-state index contributed by atoms with van der Waals surface area (Å²) in [7, 11) is 0. The van der Waals surface area contributed by atoms with Crippen molar-refractivity contribution in [3.8, 4) is 0 Å². The van der Waals surface area contributed by atoms with Crippen molar-refractivity contribution in [2.24, 2.45) is 0 Å². The molecule has 5 nitrogen and oxygen atoms in total. The van der Waals surface area contributed by atoms with E-state index in [2.05, 4.69) is 27.3 Å². The third-order valence-electron chi connectivity index (χ3n) is 4.77. The molecular weight excluding hydrogens is 381 g/mol. The molecule has 1 amide bonds. The smallest absolute Gasteiger partial charge is 0.407 e. The zero-order valence-corrected chi connectivity index (χ0v) is 17.9. The monoisotopic (exact) mass is 411 g/mol. The maximum atomic E-state index is 13.7. The first-order valence-corrected chi connectivity index (χ1v) is 10.3. The Morgan fingerprint density at radius 1 is 1.13 bits per heavy atom. The summed E-state index contributed by atoms with van der Waals surface area (Å²) in [4.78, 5) is 17.4. The summed E-state index contributed by atoms with van der Waals surface area (Å²) in [6.45, 7) is 8.27. The zero-order valence-electron chi connectivity index (χ0n) is 17.9. The molecule has 0 fully saturated rings. The van der Waals surface area contributed by atoms with Gasteiger partial charge in [0.25, 0.3) is 0 Å². The number of halogens is 1. The fourth-order valence-electron chi connectivity index (χ4n) is 3.38. The van der Waals surface area contributed by atoms with Crippen LogP contribution < -0.4 is 5.32 Å². The molecule has 1 heterocycles. The maximum Gasteiger partial charge on any atom is 0.407 e. The van der Waals surface area contributed by atoms with Crippen molar-refractivity contribution in [3.63, 3.8) is 0 Å². The molecule has 30 heavy (non-hydrogen) atoms. The van der Waals surface area contributed by atoms with Gasteiger partial charge in [0.1, 0.15) is 11.4 Å². The van der Waals surface area contributed by atoms with Crippen LogP contribution in [0, 0.1) is 5.82 Å². The molecule has 6 heteroatoms. The number of hydrogen-bond donors (Lipinski definition) is 2. The molecule has 3 rings (SSSR count). The largest absolute Gasteiger partial charge is 0.444 e. The zero-order chi connectivity index (χ0) is 21.6. The molecule has 0 spiro atoms. The molecule has 0 aliphatic rings. The summed E-state index contributed by atoms with van der Waals surface area (Å²) in [5.41, 5.74) is 2.72. The standard InChI is InChI=1S/C24H30FN3O2/c1-24(2,3)30-23(29)26-12-14-28(17-18-7-5-4-6-8-18)13-11-19-16-27-22-10-9-20(25)15-21(19)22/h4-10,15-16,27H,11-14,17H2,1-3H3,(H,26,29). The predicted molar refractivity (Wildman–Crippen MR) is 118 cm³/mol. The van der Waals surface area contributed by atoms with Crippen LogP contribution in [0.4, 0.5) is 9.18 Å². The van der Waals surface area contributed by atoms with Gasteiger partial charge in [0, 0.05) is 43.3 Å². The Bertz CT molecular complexity index is 963. The minimum atomic E-state index is -0.515. The van der Waals surface area contributed by atoms with Crippen molar-refractivity contribution in [1.29, 1.82) is 0 Å². The van der Waals surface area contributed by atoms with E-state index in [9.17, 15) is 9.18 Å². The summed E-state index contributed by atoms with van der Waals surface area (Å²) in [5, 5.41) is 3.75. The van der Waals surface area contributed by atoms with Gasteiger partial charge in [-0.25, -0.2) is 9.18 Å². The minimum absolute atomic E-state index is 0.231. The molecule has 0 saturated heterocycles. The van der Waals surface area contributed by atoms with E-state index < -0.39 is 11.7 Å². The lowest BCUT2D eigenvalue weighted by molar-refractivity contribution is 0.0521. The van der Waals surface area contributed by atoms with Crippen molar-refractivity contribution in [1.82, 2.24) is 15.2 Å². The number of ether oxygens (including phenoxy) is 1. The number of aromatic amines is 1. The lowest BCUT2D eigenvalue weighted by Crippen LogP contribution is -2.38. The van der Waals surface area contributed by atoms with E-state index in [0.717, 1.165) is 36.0 Å². The lowest BCUT2D eigenvalue weighted by atomic mass is 10.1.